The molecule has 1 aliphatic heterocycles. The zero-order valence-corrected chi connectivity index (χ0v) is 14.1. The molecule has 0 saturated carbocycles. The second-order valence-corrected chi connectivity index (χ2v) is 6.89. The highest BCUT2D eigenvalue weighted by molar-refractivity contribution is 8.00. The predicted octanol–water partition coefficient (Wildman–Crippen LogP) is 4.18. The van der Waals surface area contributed by atoms with E-state index in [2.05, 4.69) is 29.2 Å². The summed E-state index contributed by atoms with van der Waals surface area (Å²) in [5.41, 5.74) is 3.17. The van der Waals surface area contributed by atoms with Gasteiger partial charge in [0.1, 0.15) is 5.37 Å². The van der Waals surface area contributed by atoms with Crippen molar-refractivity contribution in [1.29, 1.82) is 0 Å². The second-order valence-electron chi connectivity index (χ2n) is 5.39. The van der Waals surface area contributed by atoms with E-state index in [1.807, 2.05) is 43.3 Å². The number of anilines is 2. The first kappa shape index (κ1) is 15.3. The Morgan fingerprint density at radius 2 is 1.73 bits per heavy atom. The molecule has 0 N–H and O–H groups in total. The highest BCUT2D eigenvalue weighted by Crippen LogP contribution is 2.42. The lowest BCUT2D eigenvalue weighted by Crippen LogP contribution is -2.27. The number of hydrogen-bond acceptors (Lipinski definition) is 3. The van der Waals surface area contributed by atoms with Crippen molar-refractivity contribution in [2.45, 2.75) is 5.37 Å². The summed E-state index contributed by atoms with van der Waals surface area (Å²) in [5, 5.41) is 0.694. The van der Waals surface area contributed by atoms with Gasteiger partial charge in [-0.2, -0.15) is 0 Å². The quantitative estimate of drug-likeness (QED) is 0.842. The fraction of sp³-hybridized carbons (Fsp3) is 0.235. The topological polar surface area (TPSA) is 23.6 Å². The Hall–Kier alpha value is -1.65. The van der Waals surface area contributed by atoms with Crippen LogP contribution in [0.2, 0.25) is 5.02 Å². The molecule has 0 radical (unpaired) electrons. The van der Waals surface area contributed by atoms with E-state index >= 15 is 0 Å². The molecule has 2 aromatic carbocycles. The summed E-state index contributed by atoms with van der Waals surface area (Å²) in [6.07, 6.45) is 0. The van der Waals surface area contributed by atoms with E-state index in [1.165, 1.54) is 0 Å². The molecule has 1 amide bonds. The number of nitrogens with zero attached hydrogens (tertiary/aromatic N) is 2. The van der Waals surface area contributed by atoms with Gasteiger partial charge in [0.05, 0.1) is 5.75 Å². The van der Waals surface area contributed by atoms with Crippen molar-refractivity contribution in [2.24, 2.45) is 0 Å². The lowest BCUT2D eigenvalue weighted by molar-refractivity contribution is -0.115. The van der Waals surface area contributed by atoms with Gasteiger partial charge in [-0.15, -0.1) is 11.8 Å². The normalized spacial score (nSPS) is 17.9. The van der Waals surface area contributed by atoms with Gasteiger partial charge in [-0.1, -0.05) is 23.7 Å². The molecule has 0 spiro atoms. The number of halogens is 1. The van der Waals surface area contributed by atoms with E-state index in [0.29, 0.717) is 10.8 Å². The zero-order chi connectivity index (χ0) is 15.7. The second kappa shape index (κ2) is 6.23. The predicted molar refractivity (Wildman–Crippen MR) is 94.9 cm³/mol. The molecule has 1 fully saturated rings. The summed E-state index contributed by atoms with van der Waals surface area (Å²) >= 11 is 7.60. The largest absolute Gasteiger partial charge is 0.378 e. The first-order valence-electron chi connectivity index (χ1n) is 7.03. The minimum absolute atomic E-state index is 0.0184. The summed E-state index contributed by atoms with van der Waals surface area (Å²) in [7, 11) is 4.03. The Kier molecular flexibility index (Phi) is 4.32. The Balaban J connectivity index is 1.91. The molecule has 0 aromatic heterocycles. The van der Waals surface area contributed by atoms with Crippen LogP contribution in [0.15, 0.2) is 48.5 Å². The molecule has 1 heterocycles. The van der Waals surface area contributed by atoms with Gasteiger partial charge in [0.2, 0.25) is 5.91 Å². The number of benzene rings is 2. The number of carbonyl (C=O) groups excluding carboxylic acids is 1. The molecule has 1 aliphatic rings. The first-order valence-corrected chi connectivity index (χ1v) is 8.45. The van der Waals surface area contributed by atoms with Crippen LogP contribution in [0.25, 0.3) is 0 Å². The number of thioether (sulfide) groups is 1. The first-order chi connectivity index (χ1) is 10.6. The van der Waals surface area contributed by atoms with Crippen LogP contribution in [0, 0.1) is 0 Å². The van der Waals surface area contributed by atoms with Crippen LogP contribution in [0.3, 0.4) is 0 Å². The van der Waals surface area contributed by atoms with Crippen LogP contribution in [0.5, 0.6) is 0 Å². The van der Waals surface area contributed by atoms with Crippen LogP contribution in [-0.4, -0.2) is 25.8 Å². The third-order valence-electron chi connectivity index (χ3n) is 3.67. The Morgan fingerprint density at radius 1 is 1.09 bits per heavy atom. The third-order valence-corrected chi connectivity index (χ3v) is 5.13. The fourth-order valence-electron chi connectivity index (χ4n) is 2.49. The van der Waals surface area contributed by atoms with Crippen molar-refractivity contribution >= 4 is 40.6 Å². The van der Waals surface area contributed by atoms with Crippen molar-refractivity contribution in [3.8, 4) is 0 Å². The molecule has 2 aromatic rings. The number of hydrogen-bond donors (Lipinski definition) is 0. The molecule has 22 heavy (non-hydrogen) atoms. The SMILES string of the molecule is CN(C)c1ccc([C@@H]2SCC(=O)N2c2ccc(Cl)cc2)cc1. The maximum atomic E-state index is 12.3. The lowest BCUT2D eigenvalue weighted by atomic mass is 10.1. The van der Waals surface area contributed by atoms with Gasteiger partial charge < -0.3 is 4.90 Å². The summed E-state index contributed by atoms with van der Waals surface area (Å²) in [5.74, 6) is 0.636. The van der Waals surface area contributed by atoms with Crippen molar-refractivity contribution in [2.75, 3.05) is 29.6 Å². The van der Waals surface area contributed by atoms with Gasteiger partial charge in [-0.25, -0.2) is 0 Å². The van der Waals surface area contributed by atoms with Crippen molar-refractivity contribution in [3.05, 3.63) is 59.1 Å². The highest BCUT2D eigenvalue weighted by atomic mass is 35.5. The average Bonchev–Trinajstić information content (AvgIpc) is 2.90. The standard InChI is InChI=1S/C17H17ClN2OS/c1-19(2)14-7-3-12(4-8-14)17-20(16(21)11-22-17)15-9-5-13(18)6-10-15/h3-10,17H,11H2,1-2H3/t17-/m0/s1. The van der Waals surface area contributed by atoms with E-state index in [4.69, 9.17) is 11.6 Å². The van der Waals surface area contributed by atoms with E-state index in [1.54, 1.807) is 11.8 Å². The summed E-state index contributed by atoms with van der Waals surface area (Å²) in [6, 6.07) is 15.8. The van der Waals surface area contributed by atoms with Gasteiger partial charge >= 0.3 is 0 Å². The van der Waals surface area contributed by atoms with E-state index in [0.717, 1.165) is 16.9 Å². The van der Waals surface area contributed by atoms with Gasteiger partial charge in [0.15, 0.2) is 0 Å². The minimum atomic E-state index is 0.0184. The molecular formula is C17H17ClN2OS. The summed E-state index contributed by atoms with van der Waals surface area (Å²) < 4.78 is 0. The van der Waals surface area contributed by atoms with Crippen LogP contribution in [-0.2, 0) is 4.79 Å². The molecule has 5 heteroatoms. The molecule has 1 atom stereocenters. The Morgan fingerprint density at radius 3 is 2.32 bits per heavy atom. The van der Waals surface area contributed by atoms with E-state index < -0.39 is 0 Å². The monoisotopic (exact) mass is 332 g/mol. The minimum Gasteiger partial charge on any atom is -0.378 e. The van der Waals surface area contributed by atoms with Gasteiger partial charge in [0.25, 0.3) is 0 Å². The Bertz CT molecular complexity index is 670. The Labute approximate surface area is 139 Å². The highest BCUT2D eigenvalue weighted by Gasteiger charge is 2.33. The zero-order valence-electron chi connectivity index (χ0n) is 12.5. The lowest BCUT2D eigenvalue weighted by Gasteiger charge is -2.25. The van der Waals surface area contributed by atoms with Crippen LogP contribution >= 0.6 is 23.4 Å². The number of rotatable bonds is 3. The van der Waals surface area contributed by atoms with Crippen molar-refractivity contribution < 1.29 is 4.79 Å². The van der Waals surface area contributed by atoms with Crippen molar-refractivity contribution in [1.82, 2.24) is 0 Å². The molecule has 0 aliphatic carbocycles. The molecule has 1 saturated heterocycles. The molecule has 114 valence electrons. The summed E-state index contributed by atoms with van der Waals surface area (Å²) in [6.45, 7) is 0. The van der Waals surface area contributed by atoms with Gasteiger partial charge in [0, 0.05) is 30.5 Å². The van der Waals surface area contributed by atoms with Gasteiger partial charge in [-0.05, 0) is 42.0 Å². The molecular weight excluding hydrogens is 316 g/mol. The summed E-state index contributed by atoms with van der Waals surface area (Å²) in [4.78, 5) is 16.2. The molecule has 0 bridgehead atoms. The van der Waals surface area contributed by atoms with E-state index in [9.17, 15) is 4.79 Å². The van der Waals surface area contributed by atoms with Gasteiger partial charge in [-0.3, -0.25) is 9.69 Å². The maximum Gasteiger partial charge on any atom is 0.238 e. The molecule has 0 unspecified atom stereocenters. The molecule has 3 rings (SSSR count). The number of amides is 1. The number of carbonyl (C=O) groups is 1. The van der Waals surface area contributed by atoms with Crippen LogP contribution in [0.1, 0.15) is 10.9 Å². The smallest absolute Gasteiger partial charge is 0.238 e. The molecule has 3 nitrogen and oxygen atoms in total. The van der Waals surface area contributed by atoms with E-state index in [-0.39, 0.29) is 11.3 Å². The van der Waals surface area contributed by atoms with Crippen molar-refractivity contribution in [3.63, 3.8) is 0 Å². The van der Waals surface area contributed by atoms with Crippen LogP contribution < -0.4 is 9.80 Å². The van der Waals surface area contributed by atoms with Crippen LogP contribution in [0.4, 0.5) is 11.4 Å². The average molecular weight is 333 g/mol. The fourth-order valence-corrected chi connectivity index (χ4v) is 3.79. The maximum absolute atomic E-state index is 12.3. The third kappa shape index (κ3) is 2.94.